The van der Waals surface area contributed by atoms with E-state index in [2.05, 4.69) is 5.32 Å². The molecule has 2 heterocycles. The minimum atomic E-state index is -0.160. The van der Waals surface area contributed by atoms with Crippen molar-refractivity contribution in [1.29, 1.82) is 0 Å². The summed E-state index contributed by atoms with van der Waals surface area (Å²) in [7, 11) is 3.19. The third-order valence-electron chi connectivity index (χ3n) is 5.53. The van der Waals surface area contributed by atoms with Crippen molar-refractivity contribution in [2.24, 2.45) is 0 Å². The van der Waals surface area contributed by atoms with Gasteiger partial charge in [0.25, 0.3) is 0 Å². The second-order valence-corrected chi connectivity index (χ2v) is 8.73. The Hall–Kier alpha value is -4.04. The maximum absolute atomic E-state index is 12.8. The molecule has 0 bridgehead atoms. The van der Waals surface area contributed by atoms with E-state index in [0.717, 1.165) is 16.7 Å². The SMILES string of the molecule is COc1ccccc1NC(=O)CSc1nc(-c2ccccc2)nc2c1Cc1cccc(OC)c1O2. The normalized spacial score (nSPS) is 11.6. The molecule has 5 rings (SSSR count). The Balaban J connectivity index is 1.45. The lowest BCUT2D eigenvalue weighted by atomic mass is 10.0. The molecule has 0 atom stereocenters. The quantitative estimate of drug-likeness (QED) is 0.238. The first kappa shape index (κ1) is 22.7. The second-order valence-electron chi connectivity index (χ2n) is 7.77. The highest BCUT2D eigenvalue weighted by Gasteiger charge is 2.26. The second kappa shape index (κ2) is 10.1. The van der Waals surface area contributed by atoms with E-state index in [1.54, 1.807) is 26.4 Å². The van der Waals surface area contributed by atoms with Crippen LogP contribution in [0.1, 0.15) is 11.1 Å². The number of aromatic nitrogens is 2. The van der Waals surface area contributed by atoms with Crippen LogP contribution in [-0.4, -0.2) is 35.8 Å². The highest BCUT2D eigenvalue weighted by atomic mass is 32.2. The Morgan fingerprint density at radius 1 is 0.943 bits per heavy atom. The Bertz CT molecular complexity index is 1380. The van der Waals surface area contributed by atoms with Crippen molar-refractivity contribution in [1.82, 2.24) is 9.97 Å². The van der Waals surface area contributed by atoms with Crippen LogP contribution in [-0.2, 0) is 11.2 Å². The van der Waals surface area contributed by atoms with Crippen molar-refractivity contribution >= 4 is 23.4 Å². The number of para-hydroxylation sites is 3. The van der Waals surface area contributed by atoms with Gasteiger partial charge in [0.05, 0.1) is 31.2 Å². The van der Waals surface area contributed by atoms with Crippen LogP contribution in [0.3, 0.4) is 0 Å². The van der Waals surface area contributed by atoms with E-state index in [1.807, 2.05) is 60.7 Å². The van der Waals surface area contributed by atoms with Gasteiger partial charge in [-0.1, -0.05) is 66.4 Å². The van der Waals surface area contributed by atoms with Gasteiger partial charge in [-0.25, -0.2) is 4.98 Å². The van der Waals surface area contributed by atoms with Crippen molar-refractivity contribution < 1.29 is 19.0 Å². The van der Waals surface area contributed by atoms with Crippen molar-refractivity contribution in [3.8, 4) is 34.5 Å². The van der Waals surface area contributed by atoms with E-state index in [1.165, 1.54) is 11.8 Å². The number of benzene rings is 3. The molecule has 0 fully saturated rings. The average Bonchev–Trinajstić information content (AvgIpc) is 2.91. The summed E-state index contributed by atoms with van der Waals surface area (Å²) in [6.45, 7) is 0. The third kappa shape index (κ3) is 4.79. The largest absolute Gasteiger partial charge is 0.495 e. The molecular weight excluding hydrogens is 462 g/mol. The molecule has 1 amide bonds. The molecule has 1 aliphatic rings. The lowest BCUT2D eigenvalue weighted by Gasteiger charge is -2.23. The fourth-order valence-corrected chi connectivity index (χ4v) is 4.67. The third-order valence-corrected chi connectivity index (χ3v) is 6.55. The highest BCUT2D eigenvalue weighted by Crippen LogP contribution is 2.44. The van der Waals surface area contributed by atoms with Crippen LogP contribution < -0.4 is 19.5 Å². The smallest absolute Gasteiger partial charge is 0.234 e. The van der Waals surface area contributed by atoms with Gasteiger partial charge in [0.2, 0.25) is 11.8 Å². The number of thioether (sulfide) groups is 1. The number of fused-ring (bicyclic) bond motifs is 2. The van der Waals surface area contributed by atoms with Crippen molar-refractivity contribution in [3.05, 3.63) is 83.9 Å². The van der Waals surface area contributed by atoms with Crippen LogP contribution in [0.25, 0.3) is 11.4 Å². The Kier molecular flexibility index (Phi) is 6.54. The van der Waals surface area contributed by atoms with Crippen LogP contribution in [0.5, 0.6) is 23.1 Å². The maximum Gasteiger partial charge on any atom is 0.234 e. The van der Waals surface area contributed by atoms with E-state index in [9.17, 15) is 4.79 Å². The summed E-state index contributed by atoms with van der Waals surface area (Å²) in [4.78, 5) is 22.3. The fourth-order valence-electron chi connectivity index (χ4n) is 3.85. The molecule has 8 heteroatoms. The Morgan fingerprint density at radius 3 is 2.49 bits per heavy atom. The molecule has 176 valence electrons. The van der Waals surface area contributed by atoms with Crippen molar-refractivity contribution in [2.75, 3.05) is 25.3 Å². The van der Waals surface area contributed by atoms with Crippen LogP contribution in [0, 0.1) is 0 Å². The van der Waals surface area contributed by atoms with Gasteiger partial charge in [0.15, 0.2) is 17.3 Å². The topological polar surface area (TPSA) is 82.6 Å². The number of amides is 1. The van der Waals surface area contributed by atoms with E-state index in [0.29, 0.717) is 46.1 Å². The molecule has 1 aromatic heterocycles. The number of methoxy groups -OCH3 is 2. The van der Waals surface area contributed by atoms with Gasteiger partial charge in [-0.05, 0) is 18.2 Å². The molecule has 3 aromatic carbocycles. The zero-order valence-corrected chi connectivity index (χ0v) is 20.1. The monoisotopic (exact) mass is 485 g/mol. The van der Waals surface area contributed by atoms with Gasteiger partial charge >= 0.3 is 0 Å². The molecule has 1 N–H and O–H groups in total. The number of ether oxygens (including phenoxy) is 3. The molecule has 4 aromatic rings. The summed E-state index contributed by atoms with van der Waals surface area (Å²) < 4.78 is 17.1. The summed E-state index contributed by atoms with van der Waals surface area (Å²) >= 11 is 1.35. The zero-order valence-electron chi connectivity index (χ0n) is 19.3. The molecule has 35 heavy (non-hydrogen) atoms. The summed E-state index contributed by atoms with van der Waals surface area (Å²) in [5, 5.41) is 3.62. The first-order valence-corrected chi connectivity index (χ1v) is 12.0. The van der Waals surface area contributed by atoms with Crippen LogP contribution in [0.4, 0.5) is 5.69 Å². The molecule has 1 aliphatic heterocycles. The maximum atomic E-state index is 12.8. The molecule has 0 unspecified atom stereocenters. The number of hydrogen-bond acceptors (Lipinski definition) is 7. The number of hydrogen-bond donors (Lipinski definition) is 1. The fraction of sp³-hybridized carbons (Fsp3) is 0.148. The van der Waals surface area contributed by atoms with Gasteiger partial charge < -0.3 is 19.5 Å². The minimum Gasteiger partial charge on any atom is -0.495 e. The Labute approximate surface area is 207 Å². The van der Waals surface area contributed by atoms with Gasteiger partial charge in [-0.2, -0.15) is 4.98 Å². The predicted octanol–water partition coefficient (Wildman–Crippen LogP) is 5.59. The summed E-state index contributed by atoms with van der Waals surface area (Å²) in [5.41, 5.74) is 3.32. The number of nitrogens with zero attached hydrogens (tertiary/aromatic N) is 2. The lowest BCUT2D eigenvalue weighted by molar-refractivity contribution is -0.113. The number of carbonyl (C=O) groups is 1. The summed E-state index contributed by atoms with van der Waals surface area (Å²) in [5.74, 6) is 2.94. The number of rotatable bonds is 7. The predicted molar refractivity (Wildman–Crippen MR) is 136 cm³/mol. The highest BCUT2D eigenvalue weighted by molar-refractivity contribution is 8.00. The molecule has 0 saturated heterocycles. The first-order valence-electron chi connectivity index (χ1n) is 11.0. The Morgan fingerprint density at radius 2 is 1.69 bits per heavy atom. The molecule has 0 aliphatic carbocycles. The zero-order chi connectivity index (χ0) is 24.2. The first-order chi connectivity index (χ1) is 17.2. The molecular formula is C27H23N3O4S. The van der Waals surface area contributed by atoms with E-state index in [4.69, 9.17) is 24.2 Å². The van der Waals surface area contributed by atoms with E-state index < -0.39 is 0 Å². The molecule has 0 spiro atoms. The number of carbonyl (C=O) groups excluding carboxylic acids is 1. The minimum absolute atomic E-state index is 0.160. The van der Waals surface area contributed by atoms with E-state index >= 15 is 0 Å². The van der Waals surface area contributed by atoms with Crippen LogP contribution >= 0.6 is 11.8 Å². The van der Waals surface area contributed by atoms with Crippen molar-refractivity contribution in [3.63, 3.8) is 0 Å². The molecule has 7 nitrogen and oxygen atoms in total. The molecule has 0 saturated carbocycles. The lowest BCUT2D eigenvalue weighted by Crippen LogP contribution is -2.16. The summed E-state index contributed by atoms with van der Waals surface area (Å²) in [6.07, 6.45) is 0.577. The standard InChI is InChI=1S/C27H23N3O4S/c1-32-21-13-7-6-12-20(21)28-23(31)16-35-27-19-15-18-11-8-14-22(33-2)24(18)34-26(19)29-25(30-27)17-9-4-3-5-10-17/h3-14H,15-16H2,1-2H3,(H,28,31). The van der Waals surface area contributed by atoms with Gasteiger partial charge in [-0.3, -0.25) is 4.79 Å². The molecule has 0 radical (unpaired) electrons. The van der Waals surface area contributed by atoms with Gasteiger partial charge in [0.1, 0.15) is 10.8 Å². The average molecular weight is 486 g/mol. The summed E-state index contributed by atoms with van der Waals surface area (Å²) in [6, 6.07) is 22.8. The van der Waals surface area contributed by atoms with Gasteiger partial charge in [-0.15, -0.1) is 0 Å². The number of nitrogens with one attached hydrogen (secondary N) is 1. The van der Waals surface area contributed by atoms with E-state index in [-0.39, 0.29) is 11.7 Å². The van der Waals surface area contributed by atoms with Crippen LogP contribution in [0.2, 0.25) is 0 Å². The van der Waals surface area contributed by atoms with Crippen LogP contribution in [0.15, 0.2) is 77.8 Å². The number of anilines is 1. The van der Waals surface area contributed by atoms with Crippen molar-refractivity contribution in [2.45, 2.75) is 11.4 Å². The van der Waals surface area contributed by atoms with Gasteiger partial charge in [0, 0.05) is 17.5 Å².